The Morgan fingerprint density at radius 2 is 2.10 bits per heavy atom. The fourth-order valence-corrected chi connectivity index (χ4v) is 3.50. The van der Waals surface area contributed by atoms with Crippen LogP contribution in [-0.2, 0) is 10.0 Å². The van der Waals surface area contributed by atoms with Crippen molar-refractivity contribution in [3.05, 3.63) is 35.5 Å². The van der Waals surface area contributed by atoms with Crippen molar-refractivity contribution in [2.75, 3.05) is 5.43 Å². The van der Waals surface area contributed by atoms with Crippen LogP contribution in [0.15, 0.2) is 27.9 Å². The molecular formula is C12H17N5O3S. The van der Waals surface area contributed by atoms with Gasteiger partial charge < -0.3 is 9.95 Å². The van der Waals surface area contributed by atoms with Crippen molar-refractivity contribution in [1.29, 1.82) is 0 Å². The molecular weight excluding hydrogens is 294 g/mol. The molecule has 0 radical (unpaired) electrons. The third-order valence-electron chi connectivity index (χ3n) is 3.08. The minimum absolute atomic E-state index is 0.0221. The van der Waals surface area contributed by atoms with Crippen molar-refractivity contribution >= 4 is 15.7 Å². The van der Waals surface area contributed by atoms with E-state index in [0.29, 0.717) is 17.0 Å². The second kappa shape index (κ2) is 5.80. The summed E-state index contributed by atoms with van der Waals surface area (Å²) in [6.07, 6.45) is 2.68. The van der Waals surface area contributed by atoms with E-state index in [1.54, 1.807) is 20.8 Å². The van der Waals surface area contributed by atoms with Crippen LogP contribution in [0.5, 0.6) is 0 Å². The third-order valence-corrected chi connectivity index (χ3v) is 4.65. The average Bonchev–Trinajstić information content (AvgIpc) is 2.77. The lowest BCUT2D eigenvalue weighted by molar-refractivity contribution is 0.391. The molecule has 0 saturated carbocycles. The molecule has 0 saturated heterocycles. The lowest BCUT2D eigenvalue weighted by atomic mass is 10.1. The van der Waals surface area contributed by atoms with E-state index >= 15 is 0 Å². The van der Waals surface area contributed by atoms with Crippen molar-refractivity contribution in [2.24, 2.45) is 5.84 Å². The number of nitrogens with two attached hydrogens (primary N) is 1. The molecule has 0 fully saturated rings. The molecule has 0 aliphatic carbocycles. The summed E-state index contributed by atoms with van der Waals surface area (Å²) in [5.41, 5.74) is 3.97. The van der Waals surface area contributed by atoms with E-state index in [1.807, 2.05) is 0 Å². The monoisotopic (exact) mass is 311 g/mol. The number of nitrogen functional groups attached to an aromatic ring is 1. The van der Waals surface area contributed by atoms with Gasteiger partial charge in [0.2, 0.25) is 10.0 Å². The van der Waals surface area contributed by atoms with Crippen molar-refractivity contribution in [3.63, 3.8) is 0 Å². The topological polar surface area (TPSA) is 123 Å². The van der Waals surface area contributed by atoms with Crippen LogP contribution in [-0.4, -0.2) is 18.6 Å². The summed E-state index contributed by atoms with van der Waals surface area (Å²) in [5, 5.41) is 3.82. The number of pyridine rings is 1. The number of sulfonamides is 1. The van der Waals surface area contributed by atoms with Crippen molar-refractivity contribution < 1.29 is 12.9 Å². The van der Waals surface area contributed by atoms with Gasteiger partial charge in [0.25, 0.3) is 0 Å². The number of hydrogen-bond donors (Lipinski definition) is 3. The van der Waals surface area contributed by atoms with Gasteiger partial charge >= 0.3 is 0 Å². The molecule has 4 N–H and O–H groups in total. The van der Waals surface area contributed by atoms with Crippen molar-refractivity contribution in [1.82, 2.24) is 14.9 Å². The summed E-state index contributed by atoms with van der Waals surface area (Å²) in [5.74, 6) is 5.90. The Balaban J connectivity index is 2.34. The molecule has 0 bridgehead atoms. The molecule has 1 unspecified atom stereocenters. The molecule has 0 amide bonds. The lowest BCUT2D eigenvalue weighted by Gasteiger charge is -2.15. The lowest BCUT2D eigenvalue weighted by Crippen LogP contribution is -2.28. The van der Waals surface area contributed by atoms with Gasteiger partial charge in [-0.3, -0.25) is 10.8 Å². The third kappa shape index (κ3) is 3.04. The van der Waals surface area contributed by atoms with Gasteiger partial charge in [0.05, 0.1) is 11.4 Å². The first kappa shape index (κ1) is 15.4. The number of hydrogen-bond acceptors (Lipinski definition) is 7. The zero-order valence-corrected chi connectivity index (χ0v) is 12.7. The minimum Gasteiger partial charge on any atom is -0.361 e. The van der Waals surface area contributed by atoms with Gasteiger partial charge in [-0.2, -0.15) is 0 Å². The smallest absolute Gasteiger partial charge is 0.244 e. The van der Waals surface area contributed by atoms with Crippen LogP contribution in [0.2, 0.25) is 0 Å². The normalized spacial score (nSPS) is 13.1. The number of rotatable bonds is 5. The molecule has 9 heteroatoms. The van der Waals surface area contributed by atoms with E-state index in [9.17, 15) is 8.42 Å². The van der Waals surface area contributed by atoms with Crippen molar-refractivity contribution in [2.45, 2.75) is 31.7 Å². The van der Waals surface area contributed by atoms with Crippen LogP contribution in [0, 0.1) is 13.8 Å². The second-order valence-corrected chi connectivity index (χ2v) is 6.28. The number of aromatic nitrogens is 2. The van der Waals surface area contributed by atoms with Crippen LogP contribution in [0.3, 0.4) is 0 Å². The van der Waals surface area contributed by atoms with Gasteiger partial charge in [-0.25, -0.2) is 13.1 Å². The van der Waals surface area contributed by atoms with E-state index in [0.717, 1.165) is 0 Å². The van der Waals surface area contributed by atoms with Gasteiger partial charge in [-0.15, -0.1) is 0 Å². The Kier molecular flexibility index (Phi) is 4.26. The van der Waals surface area contributed by atoms with Crippen LogP contribution in [0.4, 0.5) is 5.69 Å². The van der Waals surface area contributed by atoms with E-state index < -0.39 is 16.1 Å². The maximum Gasteiger partial charge on any atom is 0.244 e. The number of nitrogens with zero attached hydrogens (tertiary/aromatic N) is 2. The highest BCUT2D eigenvalue weighted by Crippen LogP contribution is 2.25. The summed E-state index contributed by atoms with van der Waals surface area (Å²) < 4.78 is 32.5. The van der Waals surface area contributed by atoms with Crippen LogP contribution >= 0.6 is 0 Å². The maximum atomic E-state index is 12.4. The van der Waals surface area contributed by atoms with Crippen molar-refractivity contribution in [3.8, 4) is 0 Å². The Hall–Kier alpha value is -1.97. The first-order chi connectivity index (χ1) is 9.86. The molecule has 2 rings (SSSR count). The van der Waals surface area contributed by atoms with Gasteiger partial charge in [-0.1, -0.05) is 5.16 Å². The van der Waals surface area contributed by atoms with E-state index in [2.05, 4.69) is 20.3 Å². The highest BCUT2D eigenvalue weighted by atomic mass is 32.2. The summed E-state index contributed by atoms with van der Waals surface area (Å²) >= 11 is 0. The molecule has 8 nitrogen and oxygen atoms in total. The van der Waals surface area contributed by atoms with Crippen LogP contribution in [0.25, 0.3) is 0 Å². The average molecular weight is 311 g/mol. The summed E-state index contributed by atoms with van der Waals surface area (Å²) in [6.45, 7) is 5.21. The molecule has 2 aromatic heterocycles. The van der Waals surface area contributed by atoms with Gasteiger partial charge in [0.1, 0.15) is 10.7 Å². The Morgan fingerprint density at radius 3 is 2.67 bits per heavy atom. The fraction of sp³-hybridized carbons (Fsp3) is 0.333. The van der Waals surface area contributed by atoms with Crippen LogP contribution < -0.4 is 16.0 Å². The molecule has 2 heterocycles. The first-order valence-electron chi connectivity index (χ1n) is 6.22. The zero-order valence-electron chi connectivity index (χ0n) is 11.9. The largest absolute Gasteiger partial charge is 0.361 e. The molecule has 0 aliphatic rings. The highest BCUT2D eigenvalue weighted by Gasteiger charge is 2.25. The summed E-state index contributed by atoms with van der Waals surface area (Å²) in [7, 11) is -3.79. The summed E-state index contributed by atoms with van der Waals surface area (Å²) in [6, 6.07) is 0.988. The van der Waals surface area contributed by atoms with E-state index in [-0.39, 0.29) is 10.6 Å². The summed E-state index contributed by atoms with van der Waals surface area (Å²) in [4.78, 5) is 3.80. The maximum absolute atomic E-state index is 12.4. The van der Waals surface area contributed by atoms with Gasteiger partial charge in [-0.05, 0) is 26.8 Å². The second-order valence-electron chi connectivity index (χ2n) is 4.60. The standard InChI is InChI=1S/C12H17N5O3S/c1-7-12(9(3)20-16-7)8(2)17-21(18,19)11-6-14-5-4-10(11)15-13/h4-6,8,17H,13H2,1-3H3,(H,14,15). The number of anilines is 1. The molecule has 1 atom stereocenters. The molecule has 21 heavy (non-hydrogen) atoms. The molecule has 0 aromatic carbocycles. The Bertz CT molecular complexity index is 722. The predicted molar refractivity (Wildman–Crippen MR) is 76.8 cm³/mol. The highest BCUT2D eigenvalue weighted by molar-refractivity contribution is 7.89. The number of nitrogens with one attached hydrogen (secondary N) is 2. The molecule has 114 valence electrons. The van der Waals surface area contributed by atoms with E-state index in [4.69, 9.17) is 10.4 Å². The first-order valence-corrected chi connectivity index (χ1v) is 7.71. The zero-order chi connectivity index (χ0) is 15.6. The Morgan fingerprint density at radius 1 is 1.38 bits per heavy atom. The quantitative estimate of drug-likeness (QED) is 0.556. The SMILES string of the molecule is Cc1noc(C)c1C(C)NS(=O)(=O)c1cnccc1NN. The number of aryl methyl sites for hydroxylation is 2. The molecule has 2 aromatic rings. The fourth-order valence-electron chi connectivity index (χ4n) is 2.18. The Labute approximate surface area is 122 Å². The molecule has 0 spiro atoms. The molecule has 0 aliphatic heterocycles. The predicted octanol–water partition coefficient (Wildman–Crippen LogP) is 1.01. The van der Waals surface area contributed by atoms with E-state index in [1.165, 1.54) is 18.5 Å². The van der Waals surface area contributed by atoms with Gasteiger partial charge in [0, 0.05) is 24.0 Å². The van der Waals surface area contributed by atoms with Crippen LogP contribution in [0.1, 0.15) is 30.0 Å². The van der Waals surface area contributed by atoms with Gasteiger partial charge in [0.15, 0.2) is 0 Å². The minimum atomic E-state index is -3.79. The number of hydrazine groups is 1.